The van der Waals surface area contributed by atoms with E-state index in [9.17, 15) is 14.4 Å². The summed E-state index contributed by atoms with van der Waals surface area (Å²) in [5, 5.41) is 6.09. The Kier molecular flexibility index (Phi) is 5.64. The number of carbonyl (C=O) groups is 3. The van der Waals surface area contributed by atoms with Gasteiger partial charge >= 0.3 is 6.03 Å². The number of nitrogens with one attached hydrogen (secondary N) is 2. The van der Waals surface area contributed by atoms with Gasteiger partial charge in [0.1, 0.15) is 12.1 Å². The largest absolute Gasteiger partial charge is 0.352 e. The van der Waals surface area contributed by atoms with Crippen molar-refractivity contribution in [3.05, 3.63) is 33.8 Å². The number of urea groups is 1. The highest BCUT2D eigenvalue weighted by molar-refractivity contribution is 6.35. The maximum absolute atomic E-state index is 12.8. The summed E-state index contributed by atoms with van der Waals surface area (Å²) < 4.78 is 0. The zero-order valence-corrected chi connectivity index (χ0v) is 16.0. The predicted molar refractivity (Wildman–Crippen MR) is 96.5 cm³/mol. The Morgan fingerprint density at radius 2 is 1.92 bits per heavy atom. The molecule has 136 valence electrons. The predicted octanol–water partition coefficient (Wildman–Crippen LogP) is 2.92. The maximum atomic E-state index is 12.8. The molecule has 6 nitrogen and oxygen atoms in total. The SMILES string of the molecule is CC(C)[C@H](C)NC(=O)CN1C(=O)N[C@](C)(c2ccc(Cl)cc2Cl)C1=O. The summed E-state index contributed by atoms with van der Waals surface area (Å²) in [5.74, 6) is -0.685. The van der Waals surface area contributed by atoms with Crippen LogP contribution in [0, 0.1) is 5.92 Å². The third-order valence-electron chi connectivity index (χ3n) is 4.44. The molecule has 0 bridgehead atoms. The van der Waals surface area contributed by atoms with E-state index >= 15 is 0 Å². The average Bonchev–Trinajstić information content (AvgIpc) is 2.71. The molecular weight excluding hydrogens is 365 g/mol. The minimum atomic E-state index is -1.34. The van der Waals surface area contributed by atoms with Gasteiger partial charge in [0.15, 0.2) is 0 Å². The Labute approximate surface area is 156 Å². The van der Waals surface area contributed by atoms with Crippen LogP contribution in [0.4, 0.5) is 4.79 Å². The van der Waals surface area contributed by atoms with Gasteiger partial charge in [0.25, 0.3) is 5.91 Å². The number of carbonyl (C=O) groups excluding carboxylic acids is 3. The van der Waals surface area contributed by atoms with Crippen molar-refractivity contribution in [1.29, 1.82) is 0 Å². The van der Waals surface area contributed by atoms with Gasteiger partial charge in [-0.25, -0.2) is 4.79 Å². The zero-order chi connectivity index (χ0) is 18.9. The third kappa shape index (κ3) is 3.90. The molecular formula is C17H21Cl2N3O3. The minimum Gasteiger partial charge on any atom is -0.352 e. The van der Waals surface area contributed by atoms with Crippen LogP contribution in [0.25, 0.3) is 0 Å². The van der Waals surface area contributed by atoms with Gasteiger partial charge in [0.2, 0.25) is 5.91 Å². The molecule has 0 unspecified atom stereocenters. The van der Waals surface area contributed by atoms with E-state index in [2.05, 4.69) is 10.6 Å². The van der Waals surface area contributed by atoms with Crippen LogP contribution in [0.15, 0.2) is 18.2 Å². The van der Waals surface area contributed by atoms with Gasteiger partial charge in [-0.1, -0.05) is 43.1 Å². The minimum absolute atomic E-state index is 0.0645. The molecule has 0 spiro atoms. The fourth-order valence-electron chi connectivity index (χ4n) is 2.53. The van der Waals surface area contributed by atoms with Crippen molar-refractivity contribution in [2.45, 2.75) is 39.3 Å². The topological polar surface area (TPSA) is 78.5 Å². The van der Waals surface area contributed by atoms with Crippen molar-refractivity contribution >= 4 is 41.0 Å². The number of benzene rings is 1. The van der Waals surface area contributed by atoms with E-state index in [1.54, 1.807) is 19.1 Å². The van der Waals surface area contributed by atoms with Gasteiger partial charge in [-0.3, -0.25) is 14.5 Å². The van der Waals surface area contributed by atoms with Gasteiger partial charge in [0, 0.05) is 21.7 Å². The quantitative estimate of drug-likeness (QED) is 0.764. The number of hydrogen-bond donors (Lipinski definition) is 2. The second-order valence-corrected chi connectivity index (χ2v) is 7.51. The Balaban J connectivity index is 2.20. The first-order chi connectivity index (χ1) is 11.6. The fourth-order valence-corrected chi connectivity index (χ4v) is 3.13. The molecule has 1 heterocycles. The Morgan fingerprint density at radius 3 is 2.48 bits per heavy atom. The van der Waals surface area contributed by atoms with Gasteiger partial charge in [-0.15, -0.1) is 0 Å². The van der Waals surface area contributed by atoms with E-state index in [0.717, 1.165) is 4.90 Å². The normalized spacial score (nSPS) is 21.5. The van der Waals surface area contributed by atoms with E-state index in [1.807, 2.05) is 20.8 Å². The standard InChI is InChI=1S/C17H21Cl2N3O3/c1-9(2)10(3)20-14(23)8-22-15(24)17(4,21-16(22)25)12-6-5-11(18)7-13(12)19/h5-7,9-10H,8H2,1-4H3,(H,20,23)(H,21,25)/t10-,17+/m0/s1. The lowest BCUT2D eigenvalue weighted by atomic mass is 9.92. The van der Waals surface area contributed by atoms with Crippen molar-refractivity contribution in [3.63, 3.8) is 0 Å². The number of rotatable bonds is 5. The monoisotopic (exact) mass is 385 g/mol. The first kappa shape index (κ1) is 19.5. The lowest BCUT2D eigenvalue weighted by Crippen LogP contribution is -2.46. The van der Waals surface area contributed by atoms with Crippen LogP contribution in [-0.2, 0) is 15.1 Å². The van der Waals surface area contributed by atoms with Gasteiger partial charge in [-0.2, -0.15) is 0 Å². The summed E-state index contributed by atoms with van der Waals surface area (Å²) in [4.78, 5) is 38.1. The Hall–Kier alpha value is -1.79. The molecule has 1 saturated heterocycles. The van der Waals surface area contributed by atoms with Crippen LogP contribution in [0.2, 0.25) is 10.0 Å². The van der Waals surface area contributed by atoms with E-state index in [4.69, 9.17) is 23.2 Å². The highest BCUT2D eigenvalue weighted by Crippen LogP contribution is 2.34. The van der Waals surface area contributed by atoms with E-state index < -0.39 is 23.4 Å². The summed E-state index contributed by atoms with van der Waals surface area (Å²) in [6.45, 7) is 7.02. The Bertz CT molecular complexity index is 723. The van der Waals surface area contributed by atoms with E-state index in [1.165, 1.54) is 6.07 Å². The summed E-state index contributed by atoms with van der Waals surface area (Å²) in [5.41, 5.74) is -0.918. The molecule has 1 fully saturated rings. The summed E-state index contributed by atoms with van der Waals surface area (Å²) in [6, 6.07) is 3.99. The molecule has 1 aliphatic rings. The van der Waals surface area contributed by atoms with Gasteiger partial charge < -0.3 is 10.6 Å². The number of amides is 4. The molecule has 0 aliphatic carbocycles. The van der Waals surface area contributed by atoms with E-state index in [-0.39, 0.29) is 23.5 Å². The molecule has 4 amide bonds. The molecule has 1 aromatic rings. The molecule has 1 aromatic carbocycles. The molecule has 1 aliphatic heterocycles. The van der Waals surface area contributed by atoms with Crippen LogP contribution in [-0.4, -0.2) is 35.3 Å². The van der Waals surface area contributed by atoms with Crippen LogP contribution in [0.5, 0.6) is 0 Å². The fraction of sp³-hybridized carbons (Fsp3) is 0.471. The smallest absolute Gasteiger partial charge is 0.325 e. The van der Waals surface area contributed by atoms with Crippen molar-refractivity contribution < 1.29 is 14.4 Å². The average molecular weight is 386 g/mol. The molecule has 8 heteroatoms. The second kappa shape index (κ2) is 7.22. The van der Waals surface area contributed by atoms with Crippen molar-refractivity contribution in [2.24, 2.45) is 5.92 Å². The van der Waals surface area contributed by atoms with Crippen LogP contribution in [0.1, 0.15) is 33.3 Å². The molecule has 25 heavy (non-hydrogen) atoms. The van der Waals surface area contributed by atoms with Crippen molar-refractivity contribution in [3.8, 4) is 0 Å². The van der Waals surface area contributed by atoms with Gasteiger partial charge in [-0.05, 0) is 31.9 Å². The van der Waals surface area contributed by atoms with Crippen LogP contribution in [0.3, 0.4) is 0 Å². The highest BCUT2D eigenvalue weighted by Gasteiger charge is 2.50. The second-order valence-electron chi connectivity index (χ2n) is 6.67. The Morgan fingerprint density at radius 1 is 1.28 bits per heavy atom. The van der Waals surface area contributed by atoms with Crippen LogP contribution < -0.4 is 10.6 Å². The molecule has 2 atom stereocenters. The summed E-state index contributed by atoms with van der Waals surface area (Å²) >= 11 is 12.1. The number of hydrogen-bond acceptors (Lipinski definition) is 3. The summed E-state index contributed by atoms with van der Waals surface area (Å²) in [6.07, 6.45) is 0. The first-order valence-electron chi connectivity index (χ1n) is 7.95. The maximum Gasteiger partial charge on any atom is 0.325 e. The molecule has 0 aromatic heterocycles. The molecule has 2 rings (SSSR count). The number of nitrogens with zero attached hydrogens (tertiary/aromatic N) is 1. The molecule has 0 saturated carbocycles. The molecule has 0 radical (unpaired) electrons. The van der Waals surface area contributed by atoms with Crippen LogP contribution >= 0.6 is 23.2 Å². The summed E-state index contributed by atoms with van der Waals surface area (Å²) in [7, 11) is 0. The van der Waals surface area contributed by atoms with E-state index in [0.29, 0.717) is 10.6 Å². The van der Waals surface area contributed by atoms with Crippen molar-refractivity contribution in [1.82, 2.24) is 15.5 Å². The zero-order valence-electron chi connectivity index (χ0n) is 14.5. The van der Waals surface area contributed by atoms with Crippen molar-refractivity contribution in [2.75, 3.05) is 6.54 Å². The highest BCUT2D eigenvalue weighted by atomic mass is 35.5. The van der Waals surface area contributed by atoms with Gasteiger partial charge in [0.05, 0.1) is 0 Å². The number of halogens is 2. The molecule has 2 N–H and O–H groups in total. The first-order valence-corrected chi connectivity index (χ1v) is 8.71. The number of imide groups is 1. The lowest BCUT2D eigenvalue weighted by molar-refractivity contribution is -0.135. The third-order valence-corrected chi connectivity index (χ3v) is 4.98. The lowest BCUT2D eigenvalue weighted by Gasteiger charge is -2.24.